The summed E-state index contributed by atoms with van der Waals surface area (Å²) in [6.45, 7) is 3.38. The highest BCUT2D eigenvalue weighted by Gasteiger charge is 2.22. The molecular weight excluding hydrogens is 338 g/mol. The Morgan fingerprint density at radius 3 is 2.67 bits per heavy atom. The van der Waals surface area contributed by atoms with Gasteiger partial charge in [-0.15, -0.1) is 0 Å². The Hall–Kier alpha value is -2.18. The van der Waals surface area contributed by atoms with E-state index in [0.717, 1.165) is 25.1 Å². The minimum atomic E-state index is -0.360. The van der Waals surface area contributed by atoms with E-state index in [-0.39, 0.29) is 11.5 Å². The van der Waals surface area contributed by atoms with Crippen LogP contribution in [0.5, 0.6) is 0 Å². The molecule has 1 fully saturated rings. The maximum Gasteiger partial charge on any atom is 0.354 e. The summed E-state index contributed by atoms with van der Waals surface area (Å²) in [6, 6.07) is 10.5. The Morgan fingerprint density at radius 2 is 2.00 bits per heavy atom. The van der Waals surface area contributed by atoms with Gasteiger partial charge in [0.1, 0.15) is 5.82 Å². The molecule has 2 aromatic rings. The average Bonchev–Trinajstić information content (AvgIpc) is 2.62. The van der Waals surface area contributed by atoms with E-state index in [1.165, 1.54) is 29.4 Å². The van der Waals surface area contributed by atoms with Crippen LogP contribution >= 0.6 is 0 Å². The van der Waals surface area contributed by atoms with E-state index >= 15 is 0 Å². The van der Waals surface area contributed by atoms with Gasteiger partial charge < -0.3 is 16.4 Å². The molecule has 0 bridgehead atoms. The van der Waals surface area contributed by atoms with Crippen molar-refractivity contribution in [1.29, 1.82) is 0 Å². The second-order valence-corrected chi connectivity index (χ2v) is 7.96. The zero-order valence-electron chi connectivity index (χ0n) is 16.3. The normalized spacial score (nSPS) is 21.3. The predicted molar refractivity (Wildman–Crippen MR) is 110 cm³/mol. The van der Waals surface area contributed by atoms with Crippen molar-refractivity contribution in [3.63, 3.8) is 0 Å². The second-order valence-electron chi connectivity index (χ2n) is 7.96. The molecule has 0 aliphatic heterocycles. The molecule has 3 rings (SSSR count). The van der Waals surface area contributed by atoms with E-state index < -0.39 is 0 Å². The van der Waals surface area contributed by atoms with Crippen molar-refractivity contribution in [3.05, 3.63) is 52.6 Å². The van der Waals surface area contributed by atoms with Crippen molar-refractivity contribution in [2.75, 3.05) is 19.3 Å². The van der Waals surface area contributed by atoms with Crippen molar-refractivity contribution >= 4 is 5.82 Å². The molecule has 3 atom stereocenters. The van der Waals surface area contributed by atoms with Crippen LogP contribution in [0.1, 0.15) is 38.2 Å². The molecule has 0 amide bonds. The molecule has 0 spiro atoms. The Bertz CT molecular complexity index is 801. The topological polar surface area (TPSA) is 90.2 Å². The third-order valence-corrected chi connectivity index (χ3v) is 5.69. The first-order valence-corrected chi connectivity index (χ1v) is 9.82. The lowest BCUT2D eigenvalue weighted by Crippen LogP contribution is -2.38. The molecule has 27 heavy (non-hydrogen) atoms. The monoisotopic (exact) mass is 369 g/mol. The number of hydrogen-bond acceptors (Lipinski definition) is 5. The third kappa shape index (κ3) is 5.17. The first-order chi connectivity index (χ1) is 12.9. The summed E-state index contributed by atoms with van der Waals surface area (Å²) in [5.41, 5.74) is 13.4. The molecular formula is C21H31N5O. The number of anilines is 1. The van der Waals surface area contributed by atoms with Crippen molar-refractivity contribution in [2.45, 2.75) is 51.1 Å². The van der Waals surface area contributed by atoms with Gasteiger partial charge in [-0.25, -0.2) is 4.79 Å². The van der Waals surface area contributed by atoms with Crippen LogP contribution in [0.15, 0.2) is 41.3 Å². The van der Waals surface area contributed by atoms with E-state index in [0.29, 0.717) is 18.0 Å². The van der Waals surface area contributed by atoms with Gasteiger partial charge in [0.2, 0.25) is 0 Å². The van der Waals surface area contributed by atoms with Crippen LogP contribution in [0.3, 0.4) is 0 Å². The summed E-state index contributed by atoms with van der Waals surface area (Å²) >= 11 is 0. The fourth-order valence-corrected chi connectivity index (χ4v) is 3.99. The Labute approximate surface area is 161 Å². The summed E-state index contributed by atoms with van der Waals surface area (Å²) in [7, 11) is 2.21. The summed E-state index contributed by atoms with van der Waals surface area (Å²) in [6.07, 6.45) is 7.51. The standard InChI is InChI=1S/C21H31N5O/c1-15(25(2)14-17-4-3-5-18(22)13-17)12-16-6-8-19(9-7-16)26-11-10-20(23)24-21(26)27/h6-11,15,17-18H,3-5,12-14,22H2,1-2H3,(H2,23,24,27)/t15?,17-,18-/m0/s1. The Kier molecular flexibility index (Phi) is 6.29. The van der Waals surface area contributed by atoms with Crippen LogP contribution in [-0.2, 0) is 6.42 Å². The number of hydrogen-bond donors (Lipinski definition) is 2. The first kappa shape index (κ1) is 19.6. The van der Waals surface area contributed by atoms with Crippen molar-refractivity contribution < 1.29 is 0 Å². The molecule has 1 heterocycles. The van der Waals surface area contributed by atoms with Gasteiger partial charge in [-0.2, -0.15) is 4.98 Å². The van der Waals surface area contributed by atoms with Crippen molar-refractivity contribution in [3.8, 4) is 5.69 Å². The molecule has 6 heteroatoms. The molecule has 0 saturated heterocycles. The van der Waals surface area contributed by atoms with Gasteiger partial charge in [0, 0.05) is 24.8 Å². The van der Waals surface area contributed by atoms with Gasteiger partial charge >= 0.3 is 5.69 Å². The Balaban J connectivity index is 1.59. The highest BCUT2D eigenvalue weighted by Crippen LogP contribution is 2.24. The van der Waals surface area contributed by atoms with Crippen LogP contribution in [-0.4, -0.2) is 40.1 Å². The van der Waals surface area contributed by atoms with E-state index in [1.54, 1.807) is 12.3 Å². The lowest BCUT2D eigenvalue weighted by Gasteiger charge is -2.33. The largest absolute Gasteiger partial charge is 0.383 e. The number of benzene rings is 1. The first-order valence-electron chi connectivity index (χ1n) is 9.82. The lowest BCUT2D eigenvalue weighted by molar-refractivity contribution is 0.183. The number of aromatic nitrogens is 2. The van der Waals surface area contributed by atoms with Crippen LogP contribution in [0.4, 0.5) is 5.82 Å². The fourth-order valence-electron chi connectivity index (χ4n) is 3.99. The van der Waals surface area contributed by atoms with E-state index in [1.807, 2.05) is 12.1 Å². The number of nitrogens with zero attached hydrogens (tertiary/aromatic N) is 3. The number of rotatable bonds is 6. The van der Waals surface area contributed by atoms with Gasteiger partial charge in [0.15, 0.2) is 0 Å². The number of nitrogen functional groups attached to an aromatic ring is 1. The molecule has 1 aromatic heterocycles. The zero-order valence-corrected chi connectivity index (χ0v) is 16.3. The second kappa shape index (κ2) is 8.67. The van der Waals surface area contributed by atoms with E-state index in [2.05, 4.69) is 36.0 Å². The van der Waals surface area contributed by atoms with Gasteiger partial charge in [0.05, 0.1) is 5.69 Å². The minimum absolute atomic E-state index is 0.239. The summed E-state index contributed by atoms with van der Waals surface area (Å²) in [4.78, 5) is 18.2. The minimum Gasteiger partial charge on any atom is -0.383 e. The molecule has 146 valence electrons. The van der Waals surface area contributed by atoms with Crippen LogP contribution in [0, 0.1) is 5.92 Å². The highest BCUT2D eigenvalue weighted by molar-refractivity contribution is 5.36. The van der Waals surface area contributed by atoms with Crippen LogP contribution in [0.2, 0.25) is 0 Å². The molecule has 1 aromatic carbocycles. The van der Waals surface area contributed by atoms with Gasteiger partial charge in [0.25, 0.3) is 0 Å². The predicted octanol–water partition coefficient (Wildman–Crippen LogP) is 2.19. The SMILES string of the molecule is CC(Cc1ccc(-n2ccc(N)nc2=O)cc1)N(C)C[C@H]1CCC[C@H](N)C1. The molecule has 1 unspecified atom stereocenters. The maximum absolute atomic E-state index is 12.0. The highest BCUT2D eigenvalue weighted by atomic mass is 16.1. The Morgan fingerprint density at radius 1 is 1.26 bits per heavy atom. The number of likely N-dealkylation sites (N-methyl/N-ethyl adjacent to an activating group) is 1. The molecule has 1 aliphatic carbocycles. The maximum atomic E-state index is 12.0. The zero-order chi connectivity index (χ0) is 19.4. The van der Waals surface area contributed by atoms with Gasteiger partial charge in [-0.05, 0) is 69.3 Å². The molecule has 1 aliphatic rings. The number of nitrogens with two attached hydrogens (primary N) is 2. The average molecular weight is 370 g/mol. The quantitative estimate of drug-likeness (QED) is 0.815. The third-order valence-electron chi connectivity index (χ3n) is 5.69. The van der Waals surface area contributed by atoms with Crippen molar-refractivity contribution in [1.82, 2.24) is 14.5 Å². The van der Waals surface area contributed by atoms with E-state index in [9.17, 15) is 4.79 Å². The van der Waals surface area contributed by atoms with Crippen LogP contribution in [0.25, 0.3) is 5.69 Å². The molecule has 0 radical (unpaired) electrons. The van der Waals surface area contributed by atoms with Gasteiger partial charge in [-0.3, -0.25) is 4.57 Å². The van der Waals surface area contributed by atoms with Crippen molar-refractivity contribution in [2.24, 2.45) is 11.7 Å². The van der Waals surface area contributed by atoms with E-state index in [4.69, 9.17) is 11.5 Å². The summed E-state index contributed by atoms with van der Waals surface area (Å²) in [5, 5.41) is 0. The molecule has 1 saturated carbocycles. The molecule has 4 N–H and O–H groups in total. The van der Waals surface area contributed by atoms with Crippen LogP contribution < -0.4 is 17.2 Å². The summed E-state index contributed by atoms with van der Waals surface area (Å²) in [5.74, 6) is 0.956. The lowest BCUT2D eigenvalue weighted by atomic mass is 9.85. The smallest absolute Gasteiger partial charge is 0.354 e. The summed E-state index contributed by atoms with van der Waals surface area (Å²) < 4.78 is 1.50. The molecule has 6 nitrogen and oxygen atoms in total. The van der Waals surface area contributed by atoms with Gasteiger partial charge in [-0.1, -0.05) is 18.6 Å². The fraction of sp³-hybridized carbons (Fsp3) is 0.524.